The number of piperidine rings is 1. The van der Waals surface area contributed by atoms with Crippen LogP contribution in [-0.2, 0) is 6.54 Å². The third-order valence-electron chi connectivity index (χ3n) is 5.50. The number of aromatic nitrogens is 1. The molecule has 136 valence electrons. The largest absolute Gasteiger partial charge is 0.336 e. The van der Waals surface area contributed by atoms with Crippen LogP contribution in [0.5, 0.6) is 0 Å². The van der Waals surface area contributed by atoms with Crippen molar-refractivity contribution in [1.29, 1.82) is 0 Å². The van der Waals surface area contributed by atoms with Gasteiger partial charge in [-0.3, -0.25) is 9.88 Å². The molecule has 2 aliphatic heterocycles. The molecule has 3 nitrogen and oxygen atoms in total. The van der Waals surface area contributed by atoms with Crippen LogP contribution in [0, 0.1) is 0 Å². The van der Waals surface area contributed by atoms with E-state index in [1.807, 2.05) is 24.0 Å². The van der Waals surface area contributed by atoms with E-state index in [0.29, 0.717) is 6.04 Å². The van der Waals surface area contributed by atoms with E-state index in [4.69, 9.17) is 0 Å². The highest BCUT2D eigenvalue weighted by molar-refractivity contribution is 7.99. The zero-order chi connectivity index (χ0) is 18.1. The lowest BCUT2D eigenvalue weighted by molar-refractivity contribution is 0.203. The van der Waals surface area contributed by atoms with Crippen molar-refractivity contribution in [2.45, 2.75) is 35.2 Å². The lowest BCUT2D eigenvalue weighted by Crippen LogP contribution is -2.43. The number of benzene rings is 2. The standard InChI is InChI=1S/C23H23N3S/c1-3-10-22-20(8-1)26(21-9-2-4-11-23(21)27-22)19-12-15-25(16-13-19)17-18-7-5-6-14-24-18/h1-11,14,19H,12-13,15-17H2. The van der Waals surface area contributed by atoms with Crippen molar-refractivity contribution in [2.24, 2.45) is 0 Å². The molecule has 0 atom stereocenters. The summed E-state index contributed by atoms with van der Waals surface area (Å²) in [5.41, 5.74) is 3.90. The summed E-state index contributed by atoms with van der Waals surface area (Å²) < 4.78 is 0. The first kappa shape index (κ1) is 16.8. The second kappa shape index (κ2) is 7.37. The Bertz CT molecular complexity index is 874. The highest BCUT2D eigenvalue weighted by Crippen LogP contribution is 2.49. The van der Waals surface area contributed by atoms with Gasteiger partial charge in [0.2, 0.25) is 0 Å². The molecule has 0 saturated carbocycles. The Morgan fingerprint density at radius 1 is 0.815 bits per heavy atom. The molecule has 0 bridgehead atoms. The Hall–Kier alpha value is -2.30. The fraction of sp³-hybridized carbons (Fsp3) is 0.261. The molecule has 2 aliphatic rings. The van der Waals surface area contributed by atoms with Crippen LogP contribution in [0.3, 0.4) is 0 Å². The minimum atomic E-state index is 0.549. The van der Waals surface area contributed by atoms with E-state index in [1.165, 1.54) is 39.7 Å². The maximum Gasteiger partial charge on any atom is 0.0555 e. The number of rotatable bonds is 3. The Morgan fingerprint density at radius 3 is 2.07 bits per heavy atom. The number of hydrogen-bond donors (Lipinski definition) is 0. The molecular formula is C23H23N3S. The molecule has 5 rings (SSSR count). The summed E-state index contributed by atoms with van der Waals surface area (Å²) in [7, 11) is 0. The van der Waals surface area contributed by atoms with Gasteiger partial charge in [0.15, 0.2) is 0 Å². The number of fused-ring (bicyclic) bond motifs is 2. The average molecular weight is 374 g/mol. The van der Waals surface area contributed by atoms with Crippen LogP contribution < -0.4 is 4.90 Å². The van der Waals surface area contributed by atoms with Gasteiger partial charge in [-0.15, -0.1) is 0 Å². The molecule has 3 heterocycles. The van der Waals surface area contributed by atoms with E-state index in [9.17, 15) is 0 Å². The van der Waals surface area contributed by atoms with Gasteiger partial charge in [0.1, 0.15) is 0 Å². The van der Waals surface area contributed by atoms with Crippen LogP contribution in [0.25, 0.3) is 0 Å². The van der Waals surface area contributed by atoms with Gasteiger partial charge >= 0.3 is 0 Å². The van der Waals surface area contributed by atoms with Crippen molar-refractivity contribution in [1.82, 2.24) is 9.88 Å². The summed E-state index contributed by atoms with van der Waals surface area (Å²) in [6.07, 6.45) is 4.25. The number of para-hydroxylation sites is 2. The van der Waals surface area contributed by atoms with Gasteiger partial charge in [0.05, 0.1) is 17.1 Å². The molecule has 1 saturated heterocycles. The first-order valence-corrected chi connectivity index (χ1v) is 10.5. The maximum absolute atomic E-state index is 4.49. The van der Waals surface area contributed by atoms with Crippen LogP contribution in [0.1, 0.15) is 18.5 Å². The van der Waals surface area contributed by atoms with E-state index < -0.39 is 0 Å². The molecule has 0 unspecified atom stereocenters. The van der Waals surface area contributed by atoms with E-state index >= 15 is 0 Å². The van der Waals surface area contributed by atoms with Gasteiger partial charge in [-0.05, 0) is 49.2 Å². The molecule has 0 spiro atoms. The summed E-state index contributed by atoms with van der Waals surface area (Å²) >= 11 is 1.89. The number of nitrogens with zero attached hydrogens (tertiary/aromatic N) is 3. The molecule has 2 aromatic carbocycles. The Morgan fingerprint density at radius 2 is 1.44 bits per heavy atom. The quantitative estimate of drug-likeness (QED) is 0.616. The Labute approximate surface area is 165 Å². The first-order valence-electron chi connectivity index (χ1n) is 9.66. The summed E-state index contributed by atoms with van der Waals surface area (Å²) in [6, 6.07) is 24.4. The van der Waals surface area contributed by atoms with Crippen molar-refractivity contribution in [3.63, 3.8) is 0 Å². The summed E-state index contributed by atoms with van der Waals surface area (Å²) in [5.74, 6) is 0. The number of likely N-dealkylation sites (tertiary alicyclic amines) is 1. The van der Waals surface area contributed by atoms with Crippen LogP contribution in [0.2, 0.25) is 0 Å². The fourth-order valence-corrected chi connectivity index (χ4v) is 5.26. The highest BCUT2D eigenvalue weighted by atomic mass is 32.2. The van der Waals surface area contributed by atoms with Crippen molar-refractivity contribution < 1.29 is 0 Å². The minimum absolute atomic E-state index is 0.549. The van der Waals surface area contributed by atoms with Crippen LogP contribution in [-0.4, -0.2) is 29.0 Å². The molecule has 0 amide bonds. The SMILES string of the molecule is c1ccc(CN2CCC(N3c4ccccc4Sc4ccccc43)CC2)nc1. The van der Waals surface area contributed by atoms with Gasteiger partial charge in [-0.1, -0.05) is 42.1 Å². The summed E-state index contributed by atoms with van der Waals surface area (Å²) in [4.78, 5) is 12.4. The normalized spacial score (nSPS) is 17.4. The van der Waals surface area contributed by atoms with Gasteiger partial charge < -0.3 is 4.90 Å². The molecule has 3 aromatic rings. The van der Waals surface area contributed by atoms with Crippen molar-refractivity contribution in [3.05, 3.63) is 78.6 Å². The van der Waals surface area contributed by atoms with E-state index in [1.54, 1.807) is 0 Å². The molecule has 1 aromatic heterocycles. The molecule has 4 heteroatoms. The topological polar surface area (TPSA) is 19.4 Å². The number of hydrogen-bond acceptors (Lipinski definition) is 4. The Balaban J connectivity index is 1.37. The zero-order valence-electron chi connectivity index (χ0n) is 15.3. The summed E-state index contributed by atoms with van der Waals surface area (Å²) in [5, 5.41) is 0. The second-order valence-electron chi connectivity index (χ2n) is 7.24. The third kappa shape index (κ3) is 3.35. The van der Waals surface area contributed by atoms with Crippen LogP contribution in [0.4, 0.5) is 11.4 Å². The van der Waals surface area contributed by atoms with Gasteiger partial charge in [-0.25, -0.2) is 0 Å². The van der Waals surface area contributed by atoms with Crippen LogP contribution >= 0.6 is 11.8 Å². The van der Waals surface area contributed by atoms with Gasteiger partial charge in [0, 0.05) is 41.7 Å². The van der Waals surface area contributed by atoms with Crippen molar-refractivity contribution >= 4 is 23.1 Å². The van der Waals surface area contributed by atoms with Gasteiger partial charge in [-0.2, -0.15) is 0 Å². The third-order valence-corrected chi connectivity index (χ3v) is 6.63. The number of pyridine rings is 1. The van der Waals surface area contributed by atoms with E-state index in [2.05, 4.69) is 75.4 Å². The van der Waals surface area contributed by atoms with E-state index in [0.717, 1.165) is 19.6 Å². The number of anilines is 2. The van der Waals surface area contributed by atoms with Crippen LogP contribution in [0.15, 0.2) is 82.7 Å². The molecule has 0 aliphatic carbocycles. The molecule has 0 N–H and O–H groups in total. The molecule has 0 radical (unpaired) electrons. The predicted octanol–water partition coefficient (Wildman–Crippen LogP) is 5.35. The first-order chi connectivity index (χ1) is 13.4. The monoisotopic (exact) mass is 373 g/mol. The Kier molecular flexibility index (Phi) is 4.60. The second-order valence-corrected chi connectivity index (χ2v) is 8.32. The zero-order valence-corrected chi connectivity index (χ0v) is 16.1. The predicted molar refractivity (Wildman–Crippen MR) is 112 cm³/mol. The lowest BCUT2D eigenvalue weighted by atomic mass is 10.0. The molecular weight excluding hydrogens is 350 g/mol. The highest BCUT2D eigenvalue weighted by Gasteiger charge is 2.31. The summed E-state index contributed by atoms with van der Waals surface area (Å²) in [6.45, 7) is 3.20. The smallest absolute Gasteiger partial charge is 0.0555 e. The maximum atomic E-state index is 4.49. The van der Waals surface area contributed by atoms with Crippen molar-refractivity contribution in [2.75, 3.05) is 18.0 Å². The van der Waals surface area contributed by atoms with E-state index in [-0.39, 0.29) is 0 Å². The lowest BCUT2D eigenvalue weighted by Gasteiger charge is -2.42. The van der Waals surface area contributed by atoms with Gasteiger partial charge in [0.25, 0.3) is 0 Å². The van der Waals surface area contributed by atoms with Crippen molar-refractivity contribution in [3.8, 4) is 0 Å². The minimum Gasteiger partial charge on any atom is -0.336 e. The fourth-order valence-electron chi connectivity index (χ4n) is 4.18. The molecule has 27 heavy (non-hydrogen) atoms. The average Bonchev–Trinajstić information content (AvgIpc) is 2.73. The molecule has 1 fully saturated rings.